The molecule has 0 unspecified atom stereocenters. The second-order valence-electron chi connectivity index (χ2n) is 6.64. The molecule has 2 aromatic carbocycles. The highest BCUT2D eigenvalue weighted by Gasteiger charge is 2.27. The van der Waals surface area contributed by atoms with Crippen molar-refractivity contribution in [1.29, 1.82) is 0 Å². The van der Waals surface area contributed by atoms with Gasteiger partial charge in [0, 0.05) is 31.4 Å². The first-order valence-electron chi connectivity index (χ1n) is 9.01. The zero-order valence-electron chi connectivity index (χ0n) is 16.1. The van der Waals surface area contributed by atoms with Gasteiger partial charge in [-0.2, -0.15) is 0 Å². The summed E-state index contributed by atoms with van der Waals surface area (Å²) in [5, 5.41) is 16.1. The molecule has 0 saturated carbocycles. The van der Waals surface area contributed by atoms with E-state index in [1.54, 1.807) is 6.07 Å². The molecule has 0 aromatic heterocycles. The number of para-hydroxylation sites is 1. The van der Waals surface area contributed by atoms with E-state index in [9.17, 15) is 28.9 Å². The zero-order chi connectivity index (χ0) is 22.3. The Bertz CT molecular complexity index is 948. The first kappa shape index (κ1) is 22.5. The van der Waals surface area contributed by atoms with Crippen molar-refractivity contribution < 1.29 is 23.7 Å². The molecule has 0 aliphatic carbocycles. The van der Waals surface area contributed by atoms with Gasteiger partial charge >= 0.3 is 0 Å². The molecular formula is C20H21FN4O5. The molecular weight excluding hydrogens is 395 g/mol. The lowest BCUT2D eigenvalue weighted by Gasteiger charge is -2.21. The number of rotatable bonds is 9. The average molecular weight is 416 g/mol. The zero-order valence-corrected chi connectivity index (χ0v) is 16.1. The first-order valence-corrected chi connectivity index (χ1v) is 9.01. The van der Waals surface area contributed by atoms with Crippen LogP contribution in [0.15, 0.2) is 48.5 Å². The maximum atomic E-state index is 13.1. The Morgan fingerprint density at radius 3 is 2.23 bits per heavy atom. The van der Waals surface area contributed by atoms with E-state index in [2.05, 4.69) is 10.6 Å². The van der Waals surface area contributed by atoms with Gasteiger partial charge < -0.3 is 16.4 Å². The lowest BCUT2D eigenvalue weighted by Crippen LogP contribution is -2.54. The Balaban J connectivity index is 2.19. The number of nitrogens with two attached hydrogens (primary N) is 1. The molecule has 30 heavy (non-hydrogen) atoms. The number of carbonyl (C=O) groups excluding carboxylic acids is 3. The Morgan fingerprint density at radius 1 is 1.03 bits per heavy atom. The third-order valence-electron chi connectivity index (χ3n) is 4.32. The predicted octanol–water partition coefficient (Wildman–Crippen LogP) is 0.994. The summed E-state index contributed by atoms with van der Waals surface area (Å²) >= 11 is 0. The number of hydrogen-bond donors (Lipinski definition) is 3. The monoisotopic (exact) mass is 416 g/mol. The number of nitrogens with one attached hydrogen (secondary N) is 2. The highest BCUT2D eigenvalue weighted by atomic mass is 19.1. The molecule has 10 heteroatoms. The molecule has 0 bridgehead atoms. The lowest BCUT2D eigenvalue weighted by atomic mass is 10.0. The smallest absolute Gasteiger partial charge is 0.272 e. The van der Waals surface area contributed by atoms with Crippen molar-refractivity contribution in [3.8, 4) is 0 Å². The van der Waals surface area contributed by atoms with Gasteiger partial charge in [-0.15, -0.1) is 0 Å². The summed E-state index contributed by atoms with van der Waals surface area (Å²) in [7, 11) is 0. The third kappa shape index (κ3) is 6.36. The molecule has 0 aliphatic rings. The van der Waals surface area contributed by atoms with Gasteiger partial charge in [-0.25, -0.2) is 4.39 Å². The minimum absolute atomic E-state index is 0.0443. The molecule has 0 saturated heterocycles. The topological polar surface area (TPSA) is 144 Å². The number of nitro groups is 1. The number of halogens is 1. The Kier molecular flexibility index (Phi) is 7.56. The summed E-state index contributed by atoms with van der Waals surface area (Å²) in [5.74, 6) is -2.51. The molecule has 0 aliphatic heterocycles. The molecule has 0 fully saturated rings. The van der Waals surface area contributed by atoms with E-state index in [-0.39, 0.29) is 24.1 Å². The van der Waals surface area contributed by atoms with Gasteiger partial charge in [-0.3, -0.25) is 24.5 Å². The summed E-state index contributed by atoms with van der Waals surface area (Å²) in [6.45, 7) is 1.23. The van der Waals surface area contributed by atoms with Gasteiger partial charge in [0.05, 0.1) is 4.92 Å². The van der Waals surface area contributed by atoms with Gasteiger partial charge in [0.1, 0.15) is 17.9 Å². The maximum absolute atomic E-state index is 13.1. The fraction of sp³-hybridized carbons (Fsp3) is 0.250. The maximum Gasteiger partial charge on any atom is 0.272 e. The summed E-state index contributed by atoms with van der Waals surface area (Å²) in [6, 6.07) is 8.88. The normalized spacial score (nSPS) is 12.5. The van der Waals surface area contributed by atoms with E-state index in [1.165, 1.54) is 49.4 Å². The van der Waals surface area contributed by atoms with Gasteiger partial charge in [-0.1, -0.05) is 30.3 Å². The second-order valence-corrected chi connectivity index (χ2v) is 6.64. The van der Waals surface area contributed by atoms with E-state index < -0.39 is 40.5 Å². The van der Waals surface area contributed by atoms with Crippen LogP contribution in [0.1, 0.15) is 18.1 Å². The van der Waals surface area contributed by atoms with Crippen LogP contribution in [0.25, 0.3) is 0 Å². The van der Waals surface area contributed by atoms with Crippen LogP contribution >= 0.6 is 0 Å². The van der Waals surface area contributed by atoms with E-state index >= 15 is 0 Å². The van der Waals surface area contributed by atoms with Gasteiger partial charge in [0.15, 0.2) is 0 Å². The van der Waals surface area contributed by atoms with Gasteiger partial charge in [-0.05, 0) is 17.7 Å². The van der Waals surface area contributed by atoms with Crippen LogP contribution in [0, 0.1) is 15.9 Å². The van der Waals surface area contributed by atoms with Crippen LogP contribution < -0.4 is 16.4 Å². The number of nitrogens with zero attached hydrogens (tertiary/aromatic N) is 1. The van der Waals surface area contributed by atoms with Crippen LogP contribution in [-0.2, 0) is 27.2 Å². The Morgan fingerprint density at radius 2 is 1.67 bits per heavy atom. The quantitative estimate of drug-likeness (QED) is 0.412. The van der Waals surface area contributed by atoms with Crippen molar-refractivity contribution in [3.05, 3.63) is 75.6 Å². The van der Waals surface area contributed by atoms with Crippen LogP contribution in [0.2, 0.25) is 0 Å². The average Bonchev–Trinajstić information content (AvgIpc) is 2.68. The largest absolute Gasteiger partial charge is 0.368 e. The van der Waals surface area contributed by atoms with Crippen molar-refractivity contribution >= 4 is 23.4 Å². The molecule has 0 radical (unpaired) electrons. The number of carbonyl (C=O) groups is 3. The van der Waals surface area contributed by atoms with E-state index in [1.807, 2.05) is 0 Å². The van der Waals surface area contributed by atoms with Crippen molar-refractivity contribution in [1.82, 2.24) is 10.6 Å². The molecule has 2 rings (SSSR count). The van der Waals surface area contributed by atoms with Crippen molar-refractivity contribution in [2.75, 3.05) is 0 Å². The molecule has 158 valence electrons. The van der Waals surface area contributed by atoms with Crippen LogP contribution in [-0.4, -0.2) is 34.7 Å². The van der Waals surface area contributed by atoms with Gasteiger partial charge in [0.2, 0.25) is 17.7 Å². The molecule has 2 aromatic rings. The third-order valence-corrected chi connectivity index (χ3v) is 4.32. The van der Waals surface area contributed by atoms with Crippen molar-refractivity contribution in [2.45, 2.75) is 31.8 Å². The SMILES string of the molecule is CC(=O)N[C@H](Cc1ccc(F)cc1)C(=O)N[C@H](Cc1ccccc1[N+](=O)[O-])C(N)=O. The van der Waals surface area contributed by atoms with Crippen LogP contribution in [0.5, 0.6) is 0 Å². The number of primary amides is 1. The second kappa shape index (κ2) is 10.1. The fourth-order valence-corrected chi connectivity index (χ4v) is 2.89. The number of amides is 3. The van der Waals surface area contributed by atoms with Crippen LogP contribution in [0.4, 0.5) is 10.1 Å². The molecule has 0 spiro atoms. The Labute approximate surface area is 171 Å². The number of hydrogen-bond acceptors (Lipinski definition) is 5. The predicted molar refractivity (Wildman–Crippen MR) is 106 cm³/mol. The van der Waals surface area contributed by atoms with Crippen molar-refractivity contribution in [3.63, 3.8) is 0 Å². The van der Waals surface area contributed by atoms with Gasteiger partial charge in [0.25, 0.3) is 5.69 Å². The molecule has 2 atom stereocenters. The minimum atomic E-state index is -1.23. The van der Waals surface area contributed by atoms with Crippen molar-refractivity contribution in [2.24, 2.45) is 5.73 Å². The van der Waals surface area contributed by atoms with E-state index in [4.69, 9.17) is 5.73 Å². The molecule has 3 amide bonds. The lowest BCUT2D eigenvalue weighted by molar-refractivity contribution is -0.385. The fourth-order valence-electron chi connectivity index (χ4n) is 2.89. The standard InChI is InChI=1S/C20H21FN4O5/c1-12(26)23-17(10-13-6-8-15(21)9-7-13)20(28)24-16(19(22)27)11-14-4-2-3-5-18(14)25(29)30/h2-9,16-17H,10-11H2,1H3,(H2,22,27)(H,23,26)(H,24,28)/t16-,17-/m1/s1. The highest BCUT2D eigenvalue weighted by Crippen LogP contribution is 2.19. The molecule has 0 heterocycles. The summed E-state index contributed by atoms with van der Waals surface area (Å²) in [6.07, 6.45) is -0.149. The Hall–Kier alpha value is -3.82. The highest BCUT2D eigenvalue weighted by molar-refractivity contribution is 5.91. The molecule has 9 nitrogen and oxygen atoms in total. The summed E-state index contributed by atoms with van der Waals surface area (Å²) in [5.41, 5.74) is 5.98. The molecule has 4 N–H and O–H groups in total. The van der Waals surface area contributed by atoms with Crippen LogP contribution in [0.3, 0.4) is 0 Å². The summed E-state index contributed by atoms with van der Waals surface area (Å²) < 4.78 is 13.1. The van der Waals surface area contributed by atoms with E-state index in [0.717, 1.165) is 0 Å². The number of benzene rings is 2. The minimum Gasteiger partial charge on any atom is -0.368 e. The number of nitro benzene ring substituents is 1. The summed E-state index contributed by atoms with van der Waals surface area (Å²) in [4.78, 5) is 46.7. The van der Waals surface area contributed by atoms with E-state index in [0.29, 0.717) is 5.56 Å². The first-order chi connectivity index (χ1) is 14.2.